The van der Waals surface area contributed by atoms with Crippen LogP contribution in [-0.2, 0) is 16.1 Å². The summed E-state index contributed by atoms with van der Waals surface area (Å²) in [6.07, 6.45) is 7.39. The van der Waals surface area contributed by atoms with Crippen molar-refractivity contribution in [3.63, 3.8) is 0 Å². The maximum absolute atomic E-state index is 12.2. The van der Waals surface area contributed by atoms with Crippen LogP contribution in [0.25, 0.3) is 0 Å². The molecule has 2 saturated heterocycles. The second-order valence-corrected chi connectivity index (χ2v) is 8.20. The van der Waals surface area contributed by atoms with Crippen molar-refractivity contribution >= 4 is 17.2 Å². The molecule has 1 atom stereocenters. The van der Waals surface area contributed by atoms with E-state index in [1.807, 2.05) is 11.6 Å². The van der Waals surface area contributed by atoms with Crippen molar-refractivity contribution in [3.05, 3.63) is 16.6 Å². The Morgan fingerprint density at radius 2 is 2.22 bits per heavy atom. The molecule has 3 fully saturated rings. The van der Waals surface area contributed by atoms with E-state index in [2.05, 4.69) is 15.2 Å². The van der Waals surface area contributed by atoms with E-state index < -0.39 is 0 Å². The van der Waals surface area contributed by atoms with E-state index in [1.54, 1.807) is 11.3 Å². The molecule has 126 valence electrons. The van der Waals surface area contributed by atoms with Gasteiger partial charge in [-0.15, -0.1) is 11.3 Å². The van der Waals surface area contributed by atoms with Crippen molar-refractivity contribution in [2.24, 2.45) is 11.3 Å². The maximum atomic E-state index is 12.2. The van der Waals surface area contributed by atoms with Gasteiger partial charge in [-0.3, -0.25) is 9.69 Å². The van der Waals surface area contributed by atoms with Crippen molar-refractivity contribution in [1.82, 2.24) is 15.2 Å². The summed E-state index contributed by atoms with van der Waals surface area (Å²) >= 11 is 1.73. The second kappa shape index (κ2) is 6.49. The van der Waals surface area contributed by atoms with E-state index in [4.69, 9.17) is 4.74 Å². The van der Waals surface area contributed by atoms with Crippen molar-refractivity contribution in [1.29, 1.82) is 0 Å². The Morgan fingerprint density at radius 1 is 1.39 bits per heavy atom. The molecule has 1 saturated carbocycles. The first-order chi connectivity index (χ1) is 11.3. The van der Waals surface area contributed by atoms with E-state index in [0.717, 1.165) is 58.3 Å². The summed E-state index contributed by atoms with van der Waals surface area (Å²) in [5, 5.41) is 6.55. The van der Waals surface area contributed by atoms with Crippen LogP contribution in [-0.4, -0.2) is 48.1 Å². The lowest BCUT2D eigenvalue weighted by Crippen LogP contribution is -2.57. The second-order valence-electron chi connectivity index (χ2n) is 7.22. The number of aromatic nitrogens is 1. The monoisotopic (exact) mass is 335 g/mol. The number of rotatable bonds is 4. The van der Waals surface area contributed by atoms with Gasteiger partial charge in [0.2, 0.25) is 5.91 Å². The molecule has 1 aliphatic carbocycles. The topological polar surface area (TPSA) is 54.5 Å². The molecule has 0 aromatic carbocycles. The summed E-state index contributed by atoms with van der Waals surface area (Å²) in [5.41, 5.74) is 0.238. The number of hydrogen-bond donors (Lipinski definition) is 1. The molecule has 23 heavy (non-hydrogen) atoms. The largest absolute Gasteiger partial charge is 0.379 e. The summed E-state index contributed by atoms with van der Waals surface area (Å²) in [5.74, 6) is 0.532. The number of nitrogens with one attached hydrogen (secondary N) is 1. The first kappa shape index (κ1) is 15.5. The van der Waals surface area contributed by atoms with Gasteiger partial charge in [0.15, 0.2) is 0 Å². The van der Waals surface area contributed by atoms with E-state index in [-0.39, 0.29) is 23.3 Å². The van der Waals surface area contributed by atoms with Crippen molar-refractivity contribution in [2.75, 3.05) is 26.3 Å². The van der Waals surface area contributed by atoms with E-state index in [0.29, 0.717) is 6.61 Å². The highest BCUT2D eigenvalue weighted by Crippen LogP contribution is 2.42. The molecular weight excluding hydrogens is 310 g/mol. The number of likely N-dealkylation sites (tertiary alicyclic amines) is 1. The Hall–Kier alpha value is -0.980. The van der Waals surface area contributed by atoms with Crippen molar-refractivity contribution < 1.29 is 9.53 Å². The molecule has 1 aromatic heterocycles. The fraction of sp³-hybridized carbons (Fsp3) is 0.765. The number of thiazole rings is 1. The molecule has 3 heterocycles. The number of carbonyl (C=O) groups excluding carboxylic acids is 1. The molecule has 2 aliphatic heterocycles. The van der Waals surface area contributed by atoms with Gasteiger partial charge in [0.05, 0.1) is 19.2 Å². The molecule has 0 radical (unpaired) electrons. The van der Waals surface area contributed by atoms with Gasteiger partial charge in [-0.05, 0) is 50.6 Å². The van der Waals surface area contributed by atoms with Crippen molar-refractivity contribution in [2.45, 2.75) is 44.7 Å². The number of nitrogens with zero attached hydrogens (tertiary/aromatic N) is 2. The van der Waals surface area contributed by atoms with Gasteiger partial charge in [-0.25, -0.2) is 4.98 Å². The molecule has 1 aromatic rings. The zero-order valence-corrected chi connectivity index (χ0v) is 14.3. The number of carbonyl (C=O) groups is 1. The van der Waals surface area contributed by atoms with Gasteiger partial charge >= 0.3 is 0 Å². The Kier molecular flexibility index (Phi) is 4.39. The molecule has 0 unspecified atom stereocenters. The minimum absolute atomic E-state index is 0.200. The standard InChI is InChI=1S/C17H25N3O2S/c21-16(13-1-2-13)19-14-12-22-9-5-17(14)3-7-20(8-4-17)11-15-18-6-10-23-15/h6,10,13-14H,1-5,7-9,11-12H2,(H,19,21)/t14-/m1/s1. The lowest BCUT2D eigenvalue weighted by molar-refractivity contribution is -0.127. The summed E-state index contributed by atoms with van der Waals surface area (Å²) < 4.78 is 5.69. The van der Waals surface area contributed by atoms with Crippen LogP contribution in [0.2, 0.25) is 0 Å². The highest BCUT2D eigenvalue weighted by Gasteiger charge is 2.45. The summed E-state index contributed by atoms with van der Waals surface area (Å²) in [7, 11) is 0. The molecule has 5 nitrogen and oxygen atoms in total. The number of piperidine rings is 1. The predicted molar refractivity (Wildman–Crippen MR) is 89.1 cm³/mol. The van der Waals surface area contributed by atoms with Crippen molar-refractivity contribution in [3.8, 4) is 0 Å². The first-order valence-corrected chi connectivity index (χ1v) is 9.62. The van der Waals surface area contributed by atoms with Gasteiger partial charge in [-0.2, -0.15) is 0 Å². The van der Waals surface area contributed by atoms with Gasteiger partial charge in [-0.1, -0.05) is 0 Å². The third-order valence-corrected chi connectivity index (χ3v) is 6.49. The Morgan fingerprint density at radius 3 is 2.91 bits per heavy atom. The Labute approximate surface area is 141 Å². The number of hydrogen-bond acceptors (Lipinski definition) is 5. The third kappa shape index (κ3) is 3.44. The average Bonchev–Trinajstić information content (AvgIpc) is 3.30. The molecular formula is C17H25N3O2S. The van der Waals surface area contributed by atoms with Crippen LogP contribution in [0.1, 0.15) is 37.1 Å². The summed E-state index contributed by atoms with van der Waals surface area (Å²) in [6, 6.07) is 0.200. The van der Waals surface area contributed by atoms with E-state index >= 15 is 0 Å². The Bertz CT molecular complexity index is 536. The normalized spacial score (nSPS) is 27.9. The lowest BCUT2D eigenvalue weighted by Gasteiger charge is -2.49. The molecule has 6 heteroatoms. The van der Waals surface area contributed by atoms with Crippen LogP contribution in [0.3, 0.4) is 0 Å². The molecule has 3 aliphatic rings. The molecule has 1 spiro atoms. The zero-order chi connectivity index (χ0) is 15.7. The smallest absolute Gasteiger partial charge is 0.223 e. The van der Waals surface area contributed by atoms with E-state index in [1.165, 1.54) is 5.01 Å². The highest BCUT2D eigenvalue weighted by atomic mass is 32.1. The predicted octanol–water partition coefficient (Wildman–Crippen LogP) is 2.04. The summed E-state index contributed by atoms with van der Waals surface area (Å²) in [6.45, 7) is 4.67. The van der Waals surface area contributed by atoms with Crippen LogP contribution in [0.5, 0.6) is 0 Å². The molecule has 4 rings (SSSR count). The van der Waals surface area contributed by atoms with Crippen LogP contribution in [0.4, 0.5) is 0 Å². The zero-order valence-electron chi connectivity index (χ0n) is 13.5. The van der Waals surface area contributed by atoms with Crippen LogP contribution < -0.4 is 5.32 Å². The van der Waals surface area contributed by atoms with Gasteiger partial charge in [0, 0.05) is 24.1 Å². The van der Waals surface area contributed by atoms with Crippen LogP contribution >= 0.6 is 11.3 Å². The first-order valence-electron chi connectivity index (χ1n) is 8.74. The van der Waals surface area contributed by atoms with Gasteiger partial charge < -0.3 is 10.1 Å². The minimum atomic E-state index is 0.200. The quantitative estimate of drug-likeness (QED) is 0.915. The minimum Gasteiger partial charge on any atom is -0.379 e. The Balaban J connectivity index is 1.37. The maximum Gasteiger partial charge on any atom is 0.223 e. The SMILES string of the molecule is O=C(N[C@@H]1COCCC12CCN(Cc1nccs1)CC2)C1CC1. The fourth-order valence-electron chi connectivity index (χ4n) is 3.93. The fourth-order valence-corrected chi connectivity index (χ4v) is 4.59. The van der Waals surface area contributed by atoms with Crippen LogP contribution in [0, 0.1) is 11.3 Å². The lowest BCUT2D eigenvalue weighted by atomic mass is 9.69. The third-order valence-electron chi connectivity index (χ3n) is 5.73. The molecule has 0 bridgehead atoms. The highest BCUT2D eigenvalue weighted by molar-refractivity contribution is 7.09. The summed E-state index contributed by atoms with van der Waals surface area (Å²) in [4.78, 5) is 19.1. The van der Waals surface area contributed by atoms with Gasteiger partial charge in [0.1, 0.15) is 5.01 Å². The molecule has 1 amide bonds. The number of amides is 1. The van der Waals surface area contributed by atoms with Crippen LogP contribution in [0.15, 0.2) is 11.6 Å². The average molecular weight is 335 g/mol. The molecule has 1 N–H and O–H groups in total. The van der Waals surface area contributed by atoms with E-state index in [9.17, 15) is 4.79 Å². The number of ether oxygens (including phenoxy) is 1. The van der Waals surface area contributed by atoms with Gasteiger partial charge in [0.25, 0.3) is 0 Å².